The Hall–Kier alpha value is -4.47. The fraction of sp³-hybridized carbons (Fsp3) is 0.241. The first kappa shape index (κ1) is 26.1. The van der Waals surface area contributed by atoms with Crippen molar-refractivity contribution in [3.05, 3.63) is 90.0 Å². The molecule has 0 saturated carbocycles. The van der Waals surface area contributed by atoms with Gasteiger partial charge in [-0.2, -0.15) is 13.2 Å². The number of amides is 1. The van der Waals surface area contributed by atoms with Crippen LogP contribution in [-0.4, -0.2) is 33.9 Å². The molecule has 7 nitrogen and oxygen atoms in total. The molecule has 2 aromatic heterocycles. The molecule has 0 unspecified atom stereocenters. The Morgan fingerprint density at radius 2 is 1.74 bits per heavy atom. The fourth-order valence-corrected chi connectivity index (χ4v) is 4.60. The standard InChI is InChI=1S/C29H27F3N6O/c1-19-7-8-20(16-24(19)36-27-22(6-5-12-34-27)23-11-13-33-18-35-23)28(39)37-25-17-21(29(30,31)32)9-10-26(25)38-14-3-2-4-15-38/h5-13,16-18H,2-4,14-15H2,1H3,(H,34,36)(H,37,39). The van der Waals surface area contributed by atoms with E-state index in [1.807, 2.05) is 17.9 Å². The number of halogens is 3. The summed E-state index contributed by atoms with van der Waals surface area (Å²) in [6.07, 6.45) is 3.19. The predicted molar refractivity (Wildman–Crippen MR) is 145 cm³/mol. The molecule has 3 heterocycles. The lowest BCUT2D eigenvalue weighted by atomic mass is 10.1. The van der Waals surface area contributed by atoms with Crippen LogP contribution in [0.2, 0.25) is 0 Å². The van der Waals surface area contributed by atoms with E-state index < -0.39 is 17.6 Å². The lowest BCUT2D eigenvalue weighted by molar-refractivity contribution is -0.137. The number of benzene rings is 2. The SMILES string of the molecule is Cc1ccc(C(=O)Nc2cc(C(F)(F)F)ccc2N2CCCCC2)cc1Nc1ncccc1-c1ccncn1. The van der Waals surface area contributed by atoms with Gasteiger partial charge in [0.2, 0.25) is 0 Å². The van der Waals surface area contributed by atoms with Crippen LogP contribution in [0.25, 0.3) is 11.3 Å². The Kier molecular flexibility index (Phi) is 7.44. The van der Waals surface area contributed by atoms with E-state index in [1.54, 1.807) is 42.7 Å². The summed E-state index contributed by atoms with van der Waals surface area (Å²) in [7, 11) is 0. The molecule has 0 spiro atoms. The third kappa shape index (κ3) is 6.00. The largest absolute Gasteiger partial charge is 0.416 e. The average Bonchev–Trinajstić information content (AvgIpc) is 2.95. The van der Waals surface area contributed by atoms with Crippen LogP contribution in [-0.2, 0) is 6.18 Å². The van der Waals surface area contributed by atoms with Crippen LogP contribution in [0.5, 0.6) is 0 Å². The second kappa shape index (κ2) is 11.1. The van der Waals surface area contributed by atoms with Gasteiger partial charge in [0.05, 0.1) is 22.6 Å². The number of nitrogens with one attached hydrogen (secondary N) is 2. The van der Waals surface area contributed by atoms with Crippen LogP contribution in [0.4, 0.5) is 36.1 Å². The molecule has 0 bridgehead atoms. The maximum Gasteiger partial charge on any atom is 0.416 e. The summed E-state index contributed by atoms with van der Waals surface area (Å²) in [4.78, 5) is 28.1. The van der Waals surface area contributed by atoms with Gasteiger partial charge < -0.3 is 15.5 Å². The number of hydrogen-bond acceptors (Lipinski definition) is 6. The highest BCUT2D eigenvalue weighted by Gasteiger charge is 2.32. The first-order valence-corrected chi connectivity index (χ1v) is 12.7. The van der Waals surface area contributed by atoms with E-state index in [0.717, 1.165) is 55.6 Å². The lowest BCUT2D eigenvalue weighted by Gasteiger charge is -2.31. The van der Waals surface area contributed by atoms with Crippen LogP contribution in [0.15, 0.2) is 73.3 Å². The highest BCUT2D eigenvalue weighted by atomic mass is 19.4. The first-order chi connectivity index (χ1) is 18.8. The Labute approximate surface area is 224 Å². The lowest BCUT2D eigenvalue weighted by Crippen LogP contribution is -2.30. The Bertz CT molecular complexity index is 1470. The number of piperidine rings is 1. The van der Waals surface area contributed by atoms with Crippen LogP contribution in [0.1, 0.15) is 40.7 Å². The fourth-order valence-electron chi connectivity index (χ4n) is 4.60. The smallest absolute Gasteiger partial charge is 0.370 e. The molecule has 200 valence electrons. The van der Waals surface area contributed by atoms with Crippen LogP contribution in [0, 0.1) is 6.92 Å². The summed E-state index contributed by atoms with van der Waals surface area (Å²) in [5.74, 6) is 0.0369. The zero-order valence-corrected chi connectivity index (χ0v) is 21.3. The molecule has 1 amide bonds. The Morgan fingerprint density at radius 3 is 2.49 bits per heavy atom. The molecule has 4 aromatic rings. The van der Waals surface area contributed by atoms with E-state index >= 15 is 0 Å². The highest BCUT2D eigenvalue weighted by Crippen LogP contribution is 2.37. The van der Waals surface area contributed by atoms with E-state index in [0.29, 0.717) is 28.5 Å². The van der Waals surface area contributed by atoms with Crippen molar-refractivity contribution in [2.24, 2.45) is 0 Å². The summed E-state index contributed by atoms with van der Waals surface area (Å²) in [6, 6.07) is 14.1. The molecular formula is C29H27F3N6O. The van der Waals surface area contributed by atoms with Gasteiger partial charge in [-0.25, -0.2) is 15.0 Å². The molecule has 5 rings (SSSR count). The number of anilines is 4. The summed E-state index contributed by atoms with van der Waals surface area (Å²) in [6.45, 7) is 3.34. The van der Waals surface area contributed by atoms with Crippen molar-refractivity contribution in [3.8, 4) is 11.3 Å². The number of carbonyl (C=O) groups is 1. The third-order valence-corrected chi connectivity index (χ3v) is 6.69. The van der Waals surface area contributed by atoms with Gasteiger partial charge in [0.1, 0.15) is 12.1 Å². The van der Waals surface area contributed by atoms with E-state index in [2.05, 4.69) is 25.6 Å². The maximum absolute atomic E-state index is 13.5. The molecule has 2 N–H and O–H groups in total. The second-order valence-corrected chi connectivity index (χ2v) is 9.38. The topological polar surface area (TPSA) is 83.0 Å². The van der Waals surface area contributed by atoms with Crippen molar-refractivity contribution >= 4 is 28.8 Å². The van der Waals surface area contributed by atoms with Crippen LogP contribution in [0.3, 0.4) is 0 Å². The Morgan fingerprint density at radius 1 is 0.923 bits per heavy atom. The van der Waals surface area contributed by atoms with Crippen molar-refractivity contribution in [2.75, 3.05) is 28.6 Å². The summed E-state index contributed by atoms with van der Waals surface area (Å²) < 4.78 is 40.5. The summed E-state index contributed by atoms with van der Waals surface area (Å²) >= 11 is 0. The van der Waals surface area contributed by atoms with Crippen LogP contribution >= 0.6 is 0 Å². The number of aromatic nitrogens is 3. The van der Waals surface area contributed by atoms with Crippen molar-refractivity contribution in [1.29, 1.82) is 0 Å². The van der Waals surface area contributed by atoms with Gasteiger partial charge in [0.15, 0.2) is 0 Å². The zero-order chi connectivity index (χ0) is 27.4. The van der Waals surface area contributed by atoms with Crippen molar-refractivity contribution in [2.45, 2.75) is 32.4 Å². The number of alkyl halides is 3. The van der Waals surface area contributed by atoms with Crippen molar-refractivity contribution in [1.82, 2.24) is 15.0 Å². The number of pyridine rings is 1. The van der Waals surface area contributed by atoms with Gasteiger partial charge in [-0.15, -0.1) is 0 Å². The quantitative estimate of drug-likeness (QED) is 0.283. The highest BCUT2D eigenvalue weighted by molar-refractivity contribution is 6.06. The number of nitrogens with zero attached hydrogens (tertiary/aromatic N) is 4. The van der Waals surface area contributed by atoms with Gasteiger partial charge >= 0.3 is 6.18 Å². The van der Waals surface area contributed by atoms with E-state index in [1.165, 1.54) is 12.4 Å². The van der Waals surface area contributed by atoms with Crippen molar-refractivity contribution < 1.29 is 18.0 Å². The van der Waals surface area contributed by atoms with E-state index in [4.69, 9.17) is 0 Å². The van der Waals surface area contributed by atoms with Gasteiger partial charge in [-0.3, -0.25) is 4.79 Å². The van der Waals surface area contributed by atoms with Gasteiger partial charge in [-0.05, 0) is 80.3 Å². The molecule has 39 heavy (non-hydrogen) atoms. The minimum atomic E-state index is -4.52. The molecular weight excluding hydrogens is 505 g/mol. The minimum Gasteiger partial charge on any atom is -0.370 e. The molecule has 10 heteroatoms. The normalized spacial score (nSPS) is 13.7. The molecule has 0 aliphatic carbocycles. The summed E-state index contributed by atoms with van der Waals surface area (Å²) in [5.41, 5.74) is 3.15. The second-order valence-electron chi connectivity index (χ2n) is 9.38. The van der Waals surface area contributed by atoms with Gasteiger partial charge in [0, 0.05) is 42.3 Å². The van der Waals surface area contributed by atoms with Gasteiger partial charge in [-0.1, -0.05) is 6.07 Å². The molecule has 0 atom stereocenters. The number of aryl methyl sites for hydroxylation is 1. The molecule has 1 aliphatic rings. The van der Waals surface area contributed by atoms with E-state index in [-0.39, 0.29) is 5.69 Å². The third-order valence-electron chi connectivity index (χ3n) is 6.69. The van der Waals surface area contributed by atoms with Crippen molar-refractivity contribution in [3.63, 3.8) is 0 Å². The predicted octanol–water partition coefficient (Wildman–Crippen LogP) is 6.85. The molecule has 2 aromatic carbocycles. The number of hydrogen-bond donors (Lipinski definition) is 2. The van der Waals surface area contributed by atoms with Crippen LogP contribution < -0.4 is 15.5 Å². The first-order valence-electron chi connectivity index (χ1n) is 12.7. The number of carbonyl (C=O) groups excluding carboxylic acids is 1. The monoisotopic (exact) mass is 532 g/mol. The molecule has 1 saturated heterocycles. The molecule has 0 radical (unpaired) electrons. The van der Waals surface area contributed by atoms with Gasteiger partial charge in [0.25, 0.3) is 5.91 Å². The number of rotatable bonds is 6. The van der Waals surface area contributed by atoms with E-state index in [9.17, 15) is 18.0 Å². The summed E-state index contributed by atoms with van der Waals surface area (Å²) in [5, 5.41) is 6.03. The minimum absolute atomic E-state index is 0.141. The Balaban J connectivity index is 1.44. The molecule has 1 aliphatic heterocycles. The molecule has 1 fully saturated rings. The zero-order valence-electron chi connectivity index (χ0n) is 21.3. The average molecular weight is 533 g/mol. The maximum atomic E-state index is 13.5.